The zero-order valence-electron chi connectivity index (χ0n) is 18.4. The van der Waals surface area contributed by atoms with Gasteiger partial charge in [0, 0.05) is 12.1 Å². The van der Waals surface area contributed by atoms with E-state index in [0.717, 1.165) is 5.56 Å². The van der Waals surface area contributed by atoms with Crippen LogP contribution < -0.4 is 4.74 Å². The van der Waals surface area contributed by atoms with E-state index in [1.165, 1.54) is 17.0 Å². The van der Waals surface area contributed by atoms with Gasteiger partial charge in [-0.25, -0.2) is 4.39 Å². The molecule has 33 heavy (non-hydrogen) atoms. The van der Waals surface area contributed by atoms with Gasteiger partial charge in [-0.3, -0.25) is 9.59 Å². The van der Waals surface area contributed by atoms with Crippen molar-refractivity contribution in [3.63, 3.8) is 0 Å². The van der Waals surface area contributed by atoms with Crippen molar-refractivity contribution < 1.29 is 23.8 Å². The Labute approximate surface area is 191 Å². The Morgan fingerprint density at radius 2 is 1.73 bits per heavy atom. The number of Topliss-reactive ketones (excluding diaryl/α,β-unsaturated/α-hetero) is 1. The minimum absolute atomic E-state index is 0.0249. The number of nitrogens with zero attached hydrogens (tertiary/aromatic N) is 1. The normalized spacial score (nSPS) is 17.4. The van der Waals surface area contributed by atoms with Crippen LogP contribution in [0.3, 0.4) is 0 Å². The smallest absolute Gasteiger partial charge is 0.295 e. The lowest BCUT2D eigenvalue weighted by Gasteiger charge is -2.25. The average molecular weight is 445 g/mol. The molecule has 3 aromatic carbocycles. The van der Waals surface area contributed by atoms with Crippen LogP contribution in [-0.4, -0.2) is 28.3 Å². The number of ether oxygens (including phenoxy) is 1. The van der Waals surface area contributed by atoms with Gasteiger partial charge < -0.3 is 14.7 Å². The number of ketones is 1. The summed E-state index contributed by atoms with van der Waals surface area (Å²) in [4.78, 5) is 27.6. The summed E-state index contributed by atoms with van der Waals surface area (Å²) in [6.07, 6.45) is 0. The van der Waals surface area contributed by atoms with Crippen molar-refractivity contribution in [3.8, 4) is 5.75 Å². The van der Waals surface area contributed by atoms with Crippen molar-refractivity contribution in [3.05, 3.63) is 106 Å². The molecule has 168 valence electrons. The van der Waals surface area contributed by atoms with E-state index in [2.05, 4.69) is 0 Å². The Balaban J connectivity index is 1.81. The molecule has 1 aliphatic rings. The topological polar surface area (TPSA) is 66.8 Å². The monoisotopic (exact) mass is 445 g/mol. The first-order valence-corrected chi connectivity index (χ1v) is 10.7. The van der Waals surface area contributed by atoms with Crippen molar-refractivity contribution in [2.75, 3.05) is 6.61 Å². The number of benzene rings is 3. The summed E-state index contributed by atoms with van der Waals surface area (Å²) in [5.41, 5.74) is 2.79. The van der Waals surface area contributed by atoms with E-state index in [4.69, 9.17) is 4.74 Å². The highest BCUT2D eigenvalue weighted by atomic mass is 19.1. The van der Waals surface area contributed by atoms with Gasteiger partial charge in [-0.1, -0.05) is 42.0 Å². The summed E-state index contributed by atoms with van der Waals surface area (Å²) < 4.78 is 18.8. The molecular weight excluding hydrogens is 421 g/mol. The maximum absolute atomic E-state index is 13.4. The Morgan fingerprint density at radius 3 is 2.36 bits per heavy atom. The van der Waals surface area contributed by atoms with Gasteiger partial charge >= 0.3 is 0 Å². The van der Waals surface area contributed by atoms with Crippen LogP contribution in [0.1, 0.15) is 35.2 Å². The molecule has 0 saturated carbocycles. The number of aliphatic hydroxyl groups is 1. The van der Waals surface area contributed by atoms with E-state index in [1.807, 2.05) is 38.1 Å². The van der Waals surface area contributed by atoms with E-state index < -0.39 is 17.7 Å². The molecule has 0 aliphatic carbocycles. The van der Waals surface area contributed by atoms with Gasteiger partial charge in [0.2, 0.25) is 0 Å². The van der Waals surface area contributed by atoms with Crippen LogP contribution >= 0.6 is 0 Å². The van der Waals surface area contributed by atoms with Crippen molar-refractivity contribution in [1.82, 2.24) is 4.90 Å². The standard InChI is InChI=1S/C27H24FNO4/c1-3-33-22-13-9-19(10-14-22)25(30)23-24(20-6-4-5-17(2)15-20)29(27(32)26(23)31)16-18-7-11-21(28)12-8-18/h4-15,24,30H,3,16H2,1-2H3/b25-23-. The molecule has 1 aliphatic heterocycles. The Kier molecular flexibility index (Phi) is 6.27. The first-order valence-electron chi connectivity index (χ1n) is 10.7. The molecule has 1 N–H and O–H groups in total. The van der Waals surface area contributed by atoms with Gasteiger partial charge in [0.15, 0.2) is 0 Å². The van der Waals surface area contributed by atoms with Crippen LogP contribution in [0.15, 0.2) is 78.4 Å². The molecule has 1 amide bonds. The number of hydrogen-bond donors (Lipinski definition) is 1. The molecule has 1 unspecified atom stereocenters. The summed E-state index contributed by atoms with van der Waals surface area (Å²) in [6.45, 7) is 4.40. The number of likely N-dealkylation sites (tertiary alicyclic amines) is 1. The van der Waals surface area contributed by atoms with Crippen LogP contribution in [0.2, 0.25) is 0 Å². The molecule has 1 saturated heterocycles. The molecule has 1 atom stereocenters. The van der Waals surface area contributed by atoms with Crippen molar-refractivity contribution >= 4 is 17.4 Å². The number of halogens is 1. The molecule has 6 heteroatoms. The second-order valence-corrected chi connectivity index (χ2v) is 7.92. The molecule has 1 fully saturated rings. The summed E-state index contributed by atoms with van der Waals surface area (Å²) in [6, 6.07) is 19.2. The van der Waals surface area contributed by atoms with Gasteiger partial charge in [-0.05, 0) is 61.4 Å². The van der Waals surface area contributed by atoms with E-state index in [1.54, 1.807) is 36.4 Å². The lowest BCUT2D eigenvalue weighted by molar-refractivity contribution is -0.140. The molecule has 0 bridgehead atoms. The Morgan fingerprint density at radius 1 is 1.03 bits per heavy atom. The summed E-state index contributed by atoms with van der Waals surface area (Å²) in [7, 11) is 0. The molecule has 0 radical (unpaired) electrons. The van der Waals surface area contributed by atoms with Crippen molar-refractivity contribution in [1.29, 1.82) is 0 Å². The number of amides is 1. The molecule has 0 aromatic heterocycles. The molecule has 4 rings (SSSR count). The number of carbonyl (C=O) groups is 2. The lowest BCUT2D eigenvalue weighted by Crippen LogP contribution is -2.29. The quantitative estimate of drug-likeness (QED) is 0.324. The van der Waals surface area contributed by atoms with Crippen LogP contribution in [0.4, 0.5) is 4.39 Å². The first-order chi connectivity index (χ1) is 15.9. The van der Waals surface area contributed by atoms with Crippen molar-refractivity contribution in [2.24, 2.45) is 0 Å². The van der Waals surface area contributed by atoms with Gasteiger partial charge in [-0.15, -0.1) is 0 Å². The third kappa shape index (κ3) is 4.51. The second kappa shape index (κ2) is 9.28. The Hall–Kier alpha value is -3.93. The number of aliphatic hydroxyl groups excluding tert-OH is 1. The minimum atomic E-state index is -0.776. The average Bonchev–Trinajstić information content (AvgIpc) is 3.06. The zero-order valence-corrected chi connectivity index (χ0v) is 18.4. The molecular formula is C27H24FNO4. The maximum Gasteiger partial charge on any atom is 0.295 e. The summed E-state index contributed by atoms with van der Waals surface area (Å²) >= 11 is 0. The minimum Gasteiger partial charge on any atom is -0.507 e. The third-order valence-electron chi connectivity index (χ3n) is 5.60. The fourth-order valence-corrected chi connectivity index (χ4v) is 4.05. The zero-order chi connectivity index (χ0) is 23.5. The maximum atomic E-state index is 13.4. The SMILES string of the molecule is CCOc1ccc(/C(O)=C2/C(=O)C(=O)N(Cc3ccc(F)cc3)C2c2cccc(C)c2)cc1. The molecule has 1 heterocycles. The van der Waals surface area contributed by atoms with E-state index >= 15 is 0 Å². The lowest BCUT2D eigenvalue weighted by atomic mass is 9.94. The predicted molar refractivity (Wildman–Crippen MR) is 123 cm³/mol. The van der Waals surface area contributed by atoms with E-state index in [-0.39, 0.29) is 23.7 Å². The first kappa shape index (κ1) is 22.3. The van der Waals surface area contributed by atoms with Crippen molar-refractivity contribution in [2.45, 2.75) is 26.4 Å². The third-order valence-corrected chi connectivity index (χ3v) is 5.60. The fourth-order valence-electron chi connectivity index (χ4n) is 4.05. The summed E-state index contributed by atoms with van der Waals surface area (Å²) in [5, 5.41) is 11.1. The highest BCUT2D eigenvalue weighted by molar-refractivity contribution is 6.46. The molecule has 5 nitrogen and oxygen atoms in total. The van der Waals surface area contributed by atoms with Crippen LogP contribution in [0.25, 0.3) is 5.76 Å². The fraction of sp³-hybridized carbons (Fsp3) is 0.185. The highest BCUT2D eigenvalue weighted by Crippen LogP contribution is 2.40. The van der Waals surface area contributed by atoms with Gasteiger partial charge in [0.1, 0.15) is 17.3 Å². The highest BCUT2D eigenvalue weighted by Gasteiger charge is 2.46. The largest absolute Gasteiger partial charge is 0.507 e. The number of aryl methyl sites for hydroxylation is 1. The van der Waals surface area contributed by atoms with E-state index in [0.29, 0.717) is 29.0 Å². The van der Waals surface area contributed by atoms with E-state index in [9.17, 15) is 19.1 Å². The van der Waals surface area contributed by atoms with Crippen LogP contribution in [0.5, 0.6) is 5.75 Å². The second-order valence-electron chi connectivity index (χ2n) is 7.92. The van der Waals surface area contributed by atoms with Crippen LogP contribution in [-0.2, 0) is 16.1 Å². The number of carbonyl (C=O) groups excluding carboxylic acids is 2. The predicted octanol–water partition coefficient (Wildman–Crippen LogP) is 5.15. The van der Waals surface area contributed by atoms with Gasteiger partial charge in [0.05, 0.1) is 18.2 Å². The van der Waals surface area contributed by atoms with Gasteiger partial charge in [-0.2, -0.15) is 0 Å². The Bertz CT molecular complexity index is 1220. The molecule has 0 spiro atoms. The number of rotatable bonds is 6. The number of hydrogen-bond acceptors (Lipinski definition) is 4. The molecule has 3 aromatic rings. The van der Waals surface area contributed by atoms with Crippen LogP contribution in [0, 0.1) is 12.7 Å². The summed E-state index contributed by atoms with van der Waals surface area (Å²) in [5.74, 6) is -1.45. The van der Waals surface area contributed by atoms with Gasteiger partial charge in [0.25, 0.3) is 11.7 Å².